The van der Waals surface area contributed by atoms with E-state index in [1.807, 2.05) is 12.1 Å². The molecule has 1 N–H and O–H groups in total. The fraction of sp³-hybridized carbons (Fsp3) is 0.250. The topological polar surface area (TPSA) is 65.2 Å². The number of nitrogens with zero attached hydrogens (tertiary/aromatic N) is 2. The minimum absolute atomic E-state index is 0.112. The summed E-state index contributed by atoms with van der Waals surface area (Å²) >= 11 is 0. The highest BCUT2D eigenvalue weighted by Crippen LogP contribution is 2.24. The van der Waals surface area contributed by atoms with Gasteiger partial charge in [0.15, 0.2) is 0 Å². The van der Waals surface area contributed by atoms with Crippen LogP contribution in [0.15, 0.2) is 47.6 Å². The molecule has 0 radical (unpaired) electrons. The molecule has 0 saturated carbocycles. The van der Waals surface area contributed by atoms with Gasteiger partial charge in [0.05, 0.1) is 24.3 Å². The molecule has 2 aromatic rings. The maximum Gasteiger partial charge on any atom is 0.244 e. The first-order valence-corrected chi connectivity index (χ1v) is 8.18. The molecule has 120 valence electrons. The summed E-state index contributed by atoms with van der Waals surface area (Å²) in [7, 11) is 0. The molecule has 0 saturated heterocycles. The summed E-state index contributed by atoms with van der Waals surface area (Å²) in [5, 5.41) is 12.8. The molecule has 0 spiro atoms. The molecule has 1 aliphatic carbocycles. The SMILES string of the molecule is N#Cc1ccc(/C=N/NC(=O)Cc2cccc3c2CCCC3)cc1. The van der Waals surface area contributed by atoms with Crippen LogP contribution in [0.1, 0.15) is 40.7 Å². The lowest BCUT2D eigenvalue weighted by Crippen LogP contribution is -2.21. The number of rotatable bonds is 4. The smallest absolute Gasteiger partial charge is 0.244 e. The van der Waals surface area contributed by atoms with Gasteiger partial charge in [0.1, 0.15) is 0 Å². The molecule has 4 nitrogen and oxygen atoms in total. The molecule has 0 atom stereocenters. The molecular formula is C20H19N3O. The molecule has 0 fully saturated rings. The normalized spacial score (nSPS) is 13.3. The van der Waals surface area contributed by atoms with Gasteiger partial charge >= 0.3 is 0 Å². The summed E-state index contributed by atoms with van der Waals surface area (Å²) in [6.07, 6.45) is 6.54. The zero-order valence-electron chi connectivity index (χ0n) is 13.5. The van der Waals surface area contributed by atoms with E-state index in [0.717, 1.165) is 24.0 Å². The van der Waals surface area contributed by atoms with E-state index in [1.165, 1.54) is 24.0 Å². The van der Waals surface area contributed by atoms with Crippen molar-refractivity contribution in [2.75, 3.05) is 0 Å². The number of carbonyl (C=O) groups excluding carboxylic acids is 1. The van der Waals surface area contributed by atoms with Crippen LogP contribution < -0.4 is 5.43 Å². The van der Waals surface area contributed by atoms with Crippen molar-refractivity contribution >= 4 is 12.1 Å². The highest BCUT2D eigenvalue weighted by atomic mass is 16.2. The zero-order chi connectivity index (χ0) is 16.8. The number of hydrazone groups is 1. The largest absolute Gasteiger partial charge is 0.273 e. The van der Waals surface area contributed by atoms with Gasteiger partial charge in [-0.1, -0.05) is 30.3 Å². The summed E-state index contributed by atoms with van der Waals surface area (Å²) in [4.78, 5) is 12.1. The van der Waals surface area contributed by atoms with Crippen LogP contribution in [0.25, 0.3) is 0 Å². The lowest BCUT2D eigenvalue weighted by atomic mass is 9.87. The summed E-state index contributed by atoms with van der Waals surface area (Å²) in [5.41, 5.74) is 7.86. The van der Waals surface area contributed by atoms with E-state index in [9.17, 15) is 4.79 Å². The average molecular weight is 317 g/mol. The highest BCUT2D eigenvalue weighted by molar-refractivity contribution is 5.83. The van der Waals surface area contributed by atoms with Crippen molar-refractivity contribution in [3.63, 3.8) is 0 Å². The predicted molar refractivity (Wildman–Crippen MR) is 93.7 cm³/mol. The van der Waals surface area contributed by atoms with Crippen molar-refractivity contribution in [2.45, 2.75) is 32.1 Å². The Morgan fingerprint density at radius 1 is 1.17 bits per heavy atom. The summed E-state index contributed by atoms with van der Waals surface area (Å²) in [6, 6.07) is 15.3. The number of fused-ring (bicyclic) bond motifs is 1. The van der Waals surface area contributed by atoms with Crippen LogP contribution in [0.3, 0.4) is 0 Å². The van der Waals surface area contributed by atoms with Crippen molar-refractivity contribution in [3.05, 3.63) is 70.3 Å². The predicted octanol–water partition coefficient (Wildman–Crippen LogP) is 3.13. The Hall–Kier alpha value is -2.93. The van der Waals surface area contributed by atoms with Crippen molar-refractivity contribution in [1.82, 2.24) is 5.43 Å². The molecule has 4 heteroatoms. The van der Waals surface area contributed by atoms with E-state index < -0.39 is 0 Å². The maximum absolute atomic E-state index is 12.1. The number of hydrogen-bond donors (Lipinski definition) is 1. The van der Waals surface area contributed by atoms with Crippen LogP contribution in [0.5, 0.6) is 0 Å². The second-order valence-corrected chi connectivity index (χ2v) is 5.97. The van der Waals surface area contributed by atoms with Crippen LogP contribution in [0.2, 0.25) is 0 Å². The molecule has 1 amide bonds. The second-order valence-electron chi connectivity index (χ2n) is 5.97. The number of amides is 1. The second kappa shape index (κ2) is 7.56. The Morgan fingerprint density at radius 2 is 1.96 bits per heavy atom. The third kappa shape index (κ3) is 3.88. The Balaban J connectivity index is 1.60. The summed E-state index contributed by atoms with van der Waals surface area (Å²) < 4.78 is 0. The highest BCUT2D eigenvalue weighted by Gasteiger charge is 2.14. The molecule has 24 heavy (non-hydrogen) atoms. The first kappa shape index (κ1) is 15.9. The van der Waals surface area contributed by atoms with Crippen LogP contribution in [-0.4, -0.2) is 12.1 Å². The fourth-order valence-corrected chi connectivity index (χ4v) is 3.06. The summed E-state index contributed by atoms with van der Waals surface area (Å²) in [6.45, 7) is 0. The number of benzene rings is 2. The van der Waals surface area contributed by atoms with Gasteiger partial charge in [0.2, 0.25) is 5.91 Å². The van der Waals surface area contributed by atoms with Gasteiger partial charge in [-0.2, -0.15) is 10.4 Å². The lowest BCUT2D eigenvalue weighted by Gasteiger charge is -2.18. The first-order valence-electron chi connectivity index (χ1n) is 8.18. The average Bonchev–Trinajstić information content (AvgIpc) is 2.63. The van der Waals surface area contributed by atoms with Gasteiger partial charge in [-0.25, -0.2) is 5.43 Å². The Kier molecular flexibility index (Phi) is 5.02. The van der Waals surface area contributed by atoms with E-state index >= 15 is 0 Å². The van der Waals surface area contributed by atoms with Crippen molar-refractivity contribution in [3.8, 4) is 6.07 Å². The van der Waals surface area contributed by atoms with Crippen molar-refractivity contribution in [2.24, 2.45) is 5.10 Å². The molecule has 0 unspecified atom stereocenters. The van der Waals surface area contributed by atoms with Crippen molar-refractivity contribution in [1.29, 1.82) is 5.26 Å². The van der Waals surface area contributed by atoms with Crippen LogP contribution in [-0.2, 0) is 24.1 Å². The van der Waals surface area contributed by atoms with E-state index in [-0.39, 0.29) is 5.91 Å². The number of nitriles is 1. The van der Waals surface area contributed by atoms with Gasteiger partial charge in [-0.05, 0) is 60.1 Å². The van der Waals surface area contributed by atoms with Gasteiger partial charge in [0, 0.05) is 0 Å². The third-order valence-electron chi connectivity index (χ3n) is 4.29. The Labute approximate surface area is 141 Å². The number of hydrogen-bond acceptors (Lipinski definition) is 3. The Bertz CT molecular complexity index is 801. The molecule has 2 aromatic carbocycles. The first-order chi connectivity index (χ1) is 11.8. The number of nitrogens with one attached hydrogen (secondary N) is 1. The quantitative estimate of drug-likeness (QED) is 0.695. The van der Waals surface area contributed by atoms with Gasteiger partial charge < -0.3 is 0 Å². The van der Waals surface area contributed by atoms with Gasteiger partial charge in [0.25, 0.3) is 0 Å². The van der Waals surface area contributed by atoms with Crippen molar-refractivity contribution < 1.29 is 4.79 Å². The third-order valence-corrected chi connectivity index (χ3v) is 4.29. The standard InChI is InChI=1S/C20H19N3O/c21-13-15-8-10-16(11-9-15)14-22-23-20(24)12-18-6-3-5-17-4-1-2-7-19(17)18/h3,5-6,8-11,14H,1-2,4,7,12H2,(H,23,24)/b22-14+. The molecular weight excluding hydrogens is 298 g/mol. The zero-order valence-corrected chi connectivity index (χ0v) is 13.5. The molecule has 0 bridgehead atoms. The van der Waals surface area contributed by atoms with E-state index in [4.69, 9.17) is 5.26 Å². The molecule has 0 aliphatic heterocycles. The monoisotopic (exact) mass is 317 g/mol. The molecule has 0 aromatic heterocycles. The lowest BCUT2D eigenvalue weighted by molar-refractivity contribution is -0.120. The van der Waals surface area contributed by atoms with Crippen LogP contribution in [0.4, 0.5) is 0 Å². The number of aryl methyl sites for hydroxylation is 1. The van der Waals surface area contributed by atoms with Crippen LogP contribution >= 0.6 is 0 Å². The van der Waals surface area contributed by atoms with Gasteiger partial charge in [-0.3, -0.25) is 4.79 Å². The molecule has 0 heterocycles. The minimum Gasteiger partial charge on any atom is -0.273 e. The number of carbonyl (C=O) groups is 1. The maximum atomic E-state index is 12.1. The van der Waals surface area contributed by atoms with E-state index in [2.05, 4.69) is 22.7 Å². The van der Waals surface area contributed by atoms with Crippen LogP contribution in [0, 0.1) is 11.3 Å². The molecule has 3 rings (SSSR count). The fourth-order valence-electron chi connectivity index (χ4n) is 3.06. The van der Waals surface area contributed by atoms with Gasteiger partial charge in [-0.15, -0.1) is 0 Å². The van der Waals surface area contributed by atoms with E-state index in [1.54, 1.807) is 30.5 Å². The summed E-state index contributed by atoms with van der Waals surface area (Å²) in [5.74, 6) is -0.112. The van der Waals surface area contributed by atoms with E-state index in [0.29, 0.717) is 12.0 Å². The minimum atomic E-state index is -0.112. The molecule has 1 aliphatic rings. The Morgan fingerprint density at radius 3 is 2.75 bits per heavy atom.